The first-order valence-electron chi connectivity index (χ1n) is 10.5. The van der Waals surface area contributed by atoms with Crippen LogP contribution in [0.2, 0.25) is 0 Å². The van der Waals surface area contributed by atoms with Gasteiger partial charge in [0.05, 0.1) is 6.61 Å². The standard InChI is InChI=1S/C21H42O3/c1-3-5-7-8-9-10-11-12-13-14-16-18-23-19-20-24-21(22)17-15-6-4-2/h3-20H2,1-2H3. The van der Waals surface area contributed by atoms with Gasteiger partial charge in [0, 0.05) is 13.0 Å². The minimum absolute atomic E-state index is 0.0817. The van der Waals surface area contributed by atoms with Crippen LogP contribution in [0.3, 0.4) is 0 Å². The first-order valence-corrected chi connectivity index (χ1v) is 10.5. The maximum absolute atomic E-state index is 11.4. The summed E-state index contributed by atoms with van der Waals surface area (Å²) in [4.78, 5) is 11.4. The van der Waals surface area contributed by atoms with Gasteiger partial charge in [-0.2, -0.15) is 0 Å². The van der Waals surface area contributed by atoms with Crippen LogP contribution in [0.1, 0.15) is 110 Å². The normalized spacial score (nSPS) is 10.9. The molecule has 0 aliphatic carbocycles. The molecule has 0 radical (unpaired) electrons. The molecule has 3 nitrogen and oxygen atoms in total. The van der Waals surface area contributed by atoms with Crippen molar-refractivity contribution in [1.29, 1.82) is 0 Å². The zero-order valence-corrected chi connectivity index (χ0v) is 16.5. The summed E-state index contributed by atoms with van der Waals surface area (Å²) in [6.07, 6.45) is 18.6. The fourth-order valence-corrected chi connectivity index (χ4v) is 2.78. The lowest BCUT2D eigenvalue weighted by atomic mass is 10.1. The van der Waals surface area contributed by atoms with E-state index in [0.717, 1.165) is 32.3 Å². The van der Waals surface area contributed by atoms with Crippen LogP contribution in [0, 0.1) is 0 Å². The number of rotatable bonds is 19. The third-order valence-corrected chi connectivity index (χ3v) is 4.37. The van der Waals surface area contributed by atoms with Gasteiger partial charge in [-0.1, -0.05) is 90.9 Å². The van der Waals surface area contributed by atoms with Gasteiger partial charge >= 0.3 is 5.97 Å². The summed E-state index contributed by atoms with van der Waals surface area (Å²) in [5.74, 6) is -0.0817. The van der Waals surface area contributed by atoms with Crippen LogP contribution < -0.4 is 0 Å². The predicted molar refractivity (Wildman–Crippen MR) is 102 cm³/mol. The second-order valence-corrected chi connectivity index (χ2v) is 6.83. The van der Waals surface area contributed by atoms with Gasteiger partial charge in [-0.25, -0.2) is 0 Å². The van der Waals surface area contributed by atoms with Gasteiger partial charge in [0.1, 0.15) is 6.61 Å². The summed E-state index contributed by atoms with van der Waals surface area (Å²) in [7, 11) is 0. The Hall–Kier alpha value is -0.570. The van der Waals surface area contributed by atoms with Crippen molar-refractivity contribution in [2.75, 3.05) is 19.8 Å². The first-order chi connectivity index (χ1) is 11.8. The molecule has 0 aromatic rings. The number of esters is 1. The molecule has 0 amide bonds. The van der Waals surface area contributed by atoms with Gasteiger partial charge in [0.2, 0.25) is 0 Å². The van der Waals surface area contributed by atoms with Crippen molar-refractivity contribution in [1.82, 2.24) is 0 Å². The Morgan fingerprint density at radius 3 is 1.67 bits per heavy atom. The lowest BCUT2D eigenvalue weighted by Gasteiger charge is -2.06. The molecule has 0 bridgehead atoms. The Bertz CT molecular complexity index is 253. The number of hydrogen-bond acceptors (Lipinski definition) is 3. The van der Waals surface area contributed by atoms with E-state index in [-0.39, 0.29) is 5.97 Å². The molecule has 0 N–H and O–H groups in total. The van der Waals surface area contributed by atoms with Crippen molar-refractivity contribution in [2.24, 2.45) is 0 Å². The Balaban J connectivity index is 3.06. The van der Waals surface area contributed by atoms with E-state index < -0.39 is 0 Å². The number of unbranched alkanes of at least 4 members (excludes halogenated alkanes) is 12. The summed E-state index contributed by atoms with van der Waals surface area (Å²) in [6.45, 7) is 6.14. The Kier molecular flexibility index (Phi) is 20.0. The Morgan fingerprint density at radius 1 is 0.583 bits per heavy atom. The number of hydrogen-bond donors (Lipinski definition) is 0. The molecule has 0 unspecified atom stereocenters. The van der Waals surface area contributed by atoms with Crippen LogP contribution >= 0.6 is 0 Å². The van der Waals surface area contributed by atoms with Crippen molar-refractivity contribution in [3.63, 3.8) is 0 Å². The van der Waals surface area contributed by atoms with E-state index in [0.29, 0.717) is 19.6 Å². The molecule has 0 rings (SSSR count). The smallest absolute Gasteiger partial charge is 0.305 e. The third-order valence-electron chi connectivity index (χ3n) is 4.37. The molecule has 3 heteroatoms. The molecule has 24 heavy (non-hydrogen) atoms. The summed E-state index contributed by atoms with van der Waals surface area (Å²) in [5, 5.41) is 0. The fourth-order valence-electron chi connectivity index (χ4n) is 2.78. The van der Waals surface area contributed by atoms with Crippen LogP contribution in [0.25, 0.3) is 0 Å². The molecule has 0 fully saturated rings. The second-order valence-electron chi connectivity index (χ2n) is 6.83. The highest BCUT2D eigenvalue weighted by atomic mass is 16.6. The maximum atomic E-state index is 11.4. The summed E-state index contributed by atoms with van der Waals surface area (Å²) >= 11 is 0. The largest absolute Gasteiger partial charge is 0.463 e. The van der Waals surface area contributed by atoms with Gasteiger partial charge in [-0.15, -0.1) is 0 Å². The highest BCUT2D eigenvalue weighted by molar-refractivity contribution is 5.69. The van der Waals surface area contributed by atoms with Crippen molar-refractivity contribution in [3.05, 3.63) is 0 Å². The topological polar surface area (TPSA) is 35.5 Å². The molecule has 0 saturated carbocycles. The molecule has 0 aromatic heterocycles. The number of carbonyl (C=O) groups is 1. The van der Waals surface area contributed by atoms with Crippen LogP contribution in [0.15, 0.2) is 0 Å². The molecule has 0 aliphatic rings. The van der Waals surface area contributed by atoms with Crippen molar-refractivity contribution in [3.8, 4) is 0 Å². The monoisotopic (exact) mass is 342 g/mol. The van der Waals surface area contributed by atoms with E-state index in [1.807, 2.05) is 0 Å². The van der Waals surface area contributed by atoms with Gasteiger partial charge in [-0.3, -0.25) is 4.79 Å². The second kappa shape index (κ2) is 20.5. The highest BCUT2D eigenvalue weighted by Gasteiger charge is 2.01. The molecular formula is C21H42O3. The van der Waals surface area contributed by atoms with Crippen LogP contribution in [0.4, 0.5) is 0 Å². The predicted octanol–water partition coefficient (Wildman–Crippen LogP) is 6.44. The molecular weight excluding hydrogens is 300 g/mol. The summed E-state index contributed by atoms with van der Waals surface area (Å²) < 4.78 is 10.6. The quantitative estimate of drug-likeness (QED) is 0.200. The van der Waals surface area contributed by atoms with Crippen molar-refractivity contribution >= 4 is 5.97 Å². The van der Waals surface area contributed by atoms with Gasteiger partial charge in [0.15, 0.2) is 0 Å². The van der Waals surface area contributed by atoms with Gasteiger partial charge in [0.25, 0.3) is 0 Å². The van der Waals surface area contributed by atoms with Crippen LogP contribution in [0.5, 0.6) is 0 Å². The molecule has 0 spiro atoms. The average Bonchev–Trinajstić information content (AvgIpc) is 2.58. The van der Waals surface area contributed by atoms with E-state index in [1.165, 1.54) is 64.2 Å². The Labute approximate surface area is 150 Å². The minimum atomic E-state index is -0.0817. The van der Waals surface area contributed by atoms with Crippen molar-refractivity contribution < 1.29 is 14.3 Å². The number of ether oxygens (including phenoxy) is 2. The van der Waals surface area contributed by atoms with Gasteiger partial charge in [-0.05, 0) is 12.8 Å². The van der Waals surface area contributed by atoms with Crippen molar-refractivity contribution in [2.45, 2.75) is 110 Å². The molecule has 0 atom stereocenters. The fraction of sp³-hybridized carbons (Fsp3) is 0.952. The summed E-state index contributed by atoms with van der Waals surface area (Å²) in [5.41, 5.74) is 0. The maximum Gasteiger partial charge on any atom is 0.305 e. The average molecular weight is 343 g/mol. The summed E-state index contributed by atoms with van der Waals surface area (Å²) in [6, 6.07) is 0. The minimum Gasteiger partial charge on any atom is -0.463 e. The van der Waals surface area contributed by atoms with E-state index in [9.17, 15) is 4.79 Å². The Morgan fingerprint density at radius 2 is 1.08 bits per heavy atom. The SMILES string of the molecule is CCCCCCCCCCCCCOCCOC(=O)CCCCC. The zero-order valence-electron chi connectivity index (χ0n) is 16.5. The molecule has 144 valence electrons. The third kappa shape index (κ3) is 19.5. The number of carbonyl (C=O) groups excluding carboxylic acids is 1. The molecule has 0 saturated heterocycles. The molecule has 0 heterocycles. The lowest BCUT2D eigenvalue weighted by Crippen LogP contribution is -2.10. The van der Waals surface area contributed by atoms with E-state index in [1.54, 1.807) is 0 Å². The van der Waals surface area contributed by atoms with E-state index in [4.69, 9.17) is 9.47 Å². The molecule has 0 aromatic carbocycles. The highest BCUT2D eigenvalue weighted by Crippen LogP contribution is 2.11. The van der Waals surface area contributed by atoms with Gasteiger partial charge < -0.3 is 9.47 Å². The van der Waals surface area contributed by atoms with E-state index >= 15 is 0 Å². The zero-order chi connectivity index (χ0) is 17.7. The molecule has 0 aliphatic heterocycles. The lowest BCUT2D eigenvalue weighted by molar-refractivity contribution is -0.145. The van der Waals surface area contributed by atoms with Crippen LogP contribution in [-0.2, 0) is 14.3 Å². The first kappa shape index (κ1) is 23.4. The van der Waals surface area contributed by atoms with Crippen LogP contribution in [-0.4, -0.2) is 25.8 Å². The van der Waals surface area contributed by atoms with E-state index in [2.05, 4.69) is 13.8 Å².